The van der Waals surface area contributed by atoms with Crippen LogP contribution in [0.3, 0.4) is 0 Å². The molecule has 0 radical (unpaired) electrons. The summed E-state index contributed by atoms with van der Waals surface area (Å²) < 4.78 is 11.3. The number of imide groups is 1. The van der Waals surface area contributed by atoms with Crippen LogP contribution in [0.15, 0.2) is 54.6 Å². The third-order valence-electron chi connectivity index (χ3n) is 6.12. The first kappa shape index (κ1) is 22.2. The van der Waals surface area contributed by atoms with Crippen LogP contribution in [0.4, 0.5) is 10.5 Å². The molecule has 7 nitrogen and oxygen atoms in total. The Bertz CT molecular complexity index is 1190. The summed E-state index contributed by atoms with van der Waals surface area (Å²) in [5.74, 6) is -2.10. The van der Waals surface area contributed by atoms with Gasteiger partial charge in [0, 0.05) is 20.6 Å². The van der Waals surface area contributed by atoms with Gasteiger partial charge in [-0.2, -0.15) is 0 Å². The van der Waals surface area contributed by atoms with Crippen molar-refractivity contribution < 1.29 is 23.9 Å². The van der Waals surface area contributed by atoms with Crippen LogP contribution in [0, 0.1) is 11.8 Å². The summed E-state index contributed by atoms with van der Waals surface area (Å²) in [4.78, 5) is 39.9. The zero-order valence-corrected chi connectivity index (χ0v) is 19.2. The van der Waals surface area contributed by atoms with E-state index in [9.17, 15) is 14.4 Å². The highest BCUT2D eigenvalue weighted by molar-refractivity contribution is 6.35. The molecule has 3 aliphatic heterocycles. The molecule has 3 aliphatic rings. The SMILES string of the molecule is O=C(NCC12C=CC(O1)C1C(=O)N(c3ccc(Cl)cc3)C(=O)C12)OCc1ccc(Cl)cc1Cl. The van der Waals surface area contributed by atoms with Crippen LogP contribution in [0.1, 0.15) is 5.56 Å². The van der Waals surface area contributed by atoms with E-state index in [0.717, 1.165) is 0 Å². The number of anilines is 1. The van der Waals surface area contributed by atoms with E-state index in [4.69, 9.17) is 44.3 Å². The van der Waals surface area contributed by atoms with Crippen molar-refractivity contribution in [3.63, 3.8) is 0 Å². The quantitative estimate of drug-likeness (QED) is 0.479. The monoisotopic (exact) mass is 506 g/mol. The van der Waals surface area contributed by atoms with E-state index in [2.05, 4.69) is 5.32 Å². The molecule has 2 bridgehead atoms. The van der Waals surface area contributed by atoms with Crippen molar-refractivity contribution in [1.82, 2.24) is 5.32 Å². The van der Waals surface area contributed by atoms with Crippen LogP contribution in [0.5, 0.6) is 0 Å². The smallest absolute Gasteiger partial charge is 0.407 e. The van der Waals surface area contributed by atoms with E-state index >= 15 is 0 Å². The fraction of sp³-hybridized carbons (Fsp3) is 0.261. The Morgan fingerprint density at radius 2 is 1.79 bits per heavy atom. The normalized spacial score (nSPS) is 27.2. The average Bonchev–Trinajstić information content (AvgIpc) is 3.43. The van der Waals surface area contributed by atoms with Gasteiger partial charge in [-0.3, -0.25) is 9.59 Å². The molecule has 170 valence electrons. The van der Waals surface area contributed by atoms with Crippen molar-refractivity contribution in [2.45, 2.75) is 18.3 Å². The predicted molar refractivity (Wildman–Crippen MR) is 122 cm³/mol. The molecular weight excluding hydrogens is 491 g/mol. The predicted octanol–water partition coefficient (Wildman–Crippen LogP) is 4.39. The second-order valence-electron chi connectivity index (χ2n) is 8.05. The molecule has 2 saturated heterocycles. The van der Waals surface area contributed by atoms with Crippen LogP contribution in [-0.4, -0.2) is 36.2 Å². The van der Waals surface area contributed by atoms with Crippen LogP contribution < -0.4 is 10.2 Å². The molecule has 0 spiro atoms. The van der Waals surface area contributed by atoms with Gasteiger partial charge in [-0.1, -0.05) is 53.0 Å². The van der Waals surface area contributed by atoms with Crippen LogP contribution in [0.2, 0.25) is 15.1 Å². The molecule has 0 saturated carbocycles. The van der Waals surface area contributed by atoms with Crippen LogP contribution in [-0.2, 0) is 25.7 Å². The number of carbonyl (C=O) groups excluding carboxylic acids is 3. The third-order valence-corrected chi connectivity index (χ3v) is 6.96. The second kappa shape index (κ2) is 8.33. The lowest BCUT2D eigenvalue weighted by atomic mass is 9.77. The lowest BCUT2D eigenvalue weighted by Crippen LogP contribution is -2.49. The highest BCUT2D eigenvalue weighted by Gasteiger charge is 2.67. The maximum atomic E-state index is 13.3. The first-order valence-electron chi connectivity index (χ1n) is 10.1. The minimum atomic E-state index is -1.12. The molecule has 10 heteroatoms. The Hall–Kier alpha value is -2.58. The maximum Gasteiger partial charge on any atom is 0.407 e. The number of alkyl carbamates (subject to hydrolysis) is 1. The van der Waals surface area contributed by atoms with Crippen LogP contribution >= 0.6 is 34.8 Å². The molecule has 0 aliphatic carbocycles. The van der Waals surface area contributed by atoms with Gasteiger partial charge in [-0.15, -0.1) is 0 Å². The van der Waals surface area contributed by atoms with E-state index in [1.165, 1.54) is 4.90 Å². The summed E-state index contributed by atoms with van der Waals surface area (Å²) in [5, 5.41) is 4.01. The number of rotatable bonds is 5. The van der Waals surface area contributed by atoms with Gasteiger partial charge in [0.25, 0.3) is 0 Å². The first-order valence-corrected chi connectivity index (χ1v) is 11.3. The van der Waals surface area contributed by atoms with Gasteiger partial charge in [0.15, 0.2) is 0 Å². The summed E-state index contributed by atoms with van der Waals surface area (Å²) in [6.07, 6.45) is 2.27. The number of benzene rings is 2. The molecule has 0 aromatic heterocycles. The molecule has 3 heterocycles. The Labute approximate surface area is 204 Å². The molecule has 1 N–H and O–H groups in total. The number of halogens is 3. The number of nitrogens with one attached hydrogen (secondary N) is 1. The van der Waals surface area contributed by atoms with Crippen LogP contribution in [0.25, 0.3) is 0 Å². The number of amides is 3. The van der Waals surface area contributed by atoms with Gasteiger partial charge in [-0.05, 0) is 36.4 Å². The summed E-state index contributed by atoms with van der Waals surface area (Å²) in [6.45, 7) is -0.0796. The fourth-order valence-electron chi connectivity index (χ4n) is 4.59. The van der Waals surface area contributed by atoms with E-state index in [-0.39, 0.29) is 25.0 Å². The summed E-state index contributed by atoms with van der Waals surface area (Å²) in [5.41, 5.74) is -0.0756. The van der Waals surface area contributed by atoms with Gasteiger partial charge in [0.1, 0.15) is 12.2 Å². The number of hydrogen-bond donors (Lipinski definition) is 1. The summed E-state index contributed by atoms with van der Waals surface area (Å²) >= 11 is 17.9. The van der Waals surface area contributed by atoms with Gasteiger partial charge >= 0.3 is 6.09 Å². The number of carbonyl (C=O) groups is 3. The Balaban J connectivity index is 1.27. The highest BCUT2D eigenvalue weighted by Crippen LogP contribution is 2.52. The fourth-order valence-corrected chi connectivity index (χ4v) is 5.18. The Kier molecular flexibility index (Phi) is 5.61. The van der Waals surface area contributed by atoms with E-state index in [1.54, 1.807) is 54.6 Å². The van der Waals surface area contributed by atoms with E-state index in [0.29, 0.717) is 26.3 Å². The molecule has 33 heavy (non-hydrogen) atoms. The maximum absolute atomic E-state index is 13.3. The molecule has 2 fully saturated rings. The topological polar surface area (TPSA) is 84.9 Å². The summed E-state index contributed by atoms with van der Waals surface area (Å²) in [6, 6.07) is 11.4. The van der Waals surface area contributed by atoms with Gasteiger partial charge in [-0.25, -0.2) is 9.69 Å². The largest absolute Gasteiger partial charge is 0.445 e. The zero-order chi connectivity index (χ0) is 23.3. The van der Waals surface area contributed by atoms with E-state index in [1.807, 2.05) is 0 Å². The van der Waals surface area contributed by atoms with Crippen molar-refractivity contribution in [2.75, 3.05) is 11.4 Å². The Morgan fingerprint density at radius 1 is 1.06 bits per heavy atom. The minimum Gasteiger partial charge on any atom is -0.445 e. The molecule has 5 rings (SSSR count). The molecule has 4 atom stereocenters. The van der Waals surface area contributed by atoms with Gasteiger partial charge in [0.05, 0.1) is 30.2 Å². The minimum absolute atomic E-state index is 0.0260. The standard InChI is InChI=1S/C23H17Cl3N2O5/c24-13-3-5-15(6-4-13)28-20(29)18-17-7-8-23(33-17,19(18)21(28)30)11-27-22(31)32-10-12-1-2-14(25)9-16(12)26/h1-9,17-19H,10-11H2,(H,27,31). The first-order chi connectivity index (χ1) is 15.8. The number of ether oxygens (including phenoxy) is 2. The van der Waals surface area contributed by atoms with Crippen molar-refractivity contribution >= 4 is 58.4 Å². The molecular formula is C23H17Cl3N2O5. The molecule has 2 aromatic rings. The molecule has 2 aromatic carbocycles. The number of hydrogen-bond acceptors (Lipinski definition) is 5. The van der Waals surface area contributed by atoms with Crippen molar-refractivity contribution in [2.24, 2.45) is 11.8 Å². The second-order valence-corrected chi connectivity index (χ2v) is 9.33. The summed E-state index contributed by atoms with van der Waals surface area (Å²) in [7, 11) is 0. The number of fused-ring (bicyclic) bond motifs is 5. The van der Waals surface area contributed by atoms with Crippen molar-refractivity contribution in [1.29, 1.82) is 0 Å². The molecule has 3 amide bonds. The van der Waals surface area contributed by atoms with Crippen molar-refractivity contribution in [3.8, 4) is 0 Å². The lowest BCUT2D eigenvalue weighted by molar-refractivity contribution is -0.126. The highest BCUT2D eigenvalue weighted by atomic mass is 35.5. The van der Waals surface area contributed by atoms with E-state index < -0.39 is 29.6 Å². The van der Waals surface area contributed by atoms with Gasteiger partial charge < -0.3 is 14.8 Å². The molecule has 4 unspecified atom stereocenters. The Morgan fingerprint density at radius 3 is 2.52 bits per heavy atom. The lowest BCUT2D eigenvalue weighted by Gasteiger charge is -2.28. The average molecular weight is 508 g/mol. The third kappa shape index (κ3) is 3.79. The van der Waals surface area contributed by atoms with Crippen molar-refractivity contribution in [3.05, 3.63) is 75.2 Å². The zero-order valence-electron chi connectivity index (χ0n) is 17.0. The van der Waals surface area contributed by atoms with Gasteiger partial charge in [0.2, 0.25) is 11.8 Å². The number of nitrogens with zero attached hydrogens (tertiary/aromatic N) is 1.